The maximum absolute atomic E-state index is 12.9. The number of carbonyl (C=O) groups excluding carboxylic acids is 1. The van der Waals surface area contributed by atoms with E-state index < -0.39 is 28.0 Å². The van der Waals surface area contributed by atoms with E-state index in [2.05, 4.69) is 15.6 Å². The van der Waals surface area contributed by atoms with Crippen molar-refractivity contribution < 1.29 is 22.7 Å². The lowest BCUT2D eigenvalue weighted by molar-refractivity contribution is 0.0922. The van der Waals surface area contributed by atoms with Crippen LogP contribution in [-0.2, 0) is 16.4 Å². The Kier molecular flexibility index (Phi) is 6.64. The highest BCUT2D eigenvalue weighted by molar-refractivity contribution is 7.89. The number of benzene rings is 3. The van der Waals surface area contributed by atoms with Crippen molar-refractivity contribution in [2.75, 3.05) is 14.2 Å². The minimum atomic E-state index is -3.74. The first-order chi connectivity index (χ1) is 15.9. The number of rotatable bonds is 8. The van der Waals surface area contributed by atoms with Crippen LogP contribution in [0.1, 0.15) is 27.5 Å². The van der Waals surface area contributed by atoms with Gasteiger partial charge in [0.25, 0.3) is 5.91 Å². The van der Waals surface area contributed by atoms with Crippen molar-refractivity contribution in [1.29, 1.82) is 0 Å². The molecule has 1 aliphatic carbocycles. The van der Waals surface area contributed by atoms with Crippen LogP contribution in [-0.4, -0.2) is 34.6 Å². The number of hydrogen-bond donors (Lipinski definition) is 3. The van der Waals surface area contributed by atoms with Gasteiger partial charge in [-0.05, 0) is 41.8 Å². The third kappa shape index (κ3) is 5.00. The highest BCUT2D eigenvalue weighted by Gasteiger charge is 2.35. The van der Waals surface area contributed by atoms with E-state index >= 15 is 0 Å². The molecule has 4 rings (SSSR count). The van der Waals surface area contributed by atoms with Crippen LogP contribution in [0.3, 0.4) is 0 Å². The molecule has 3 aromatic rings. The molecule has 3 N–H and O–H groups in total. The van der Waals surface area contributed by atoms with Crippen LogP contribution in [0.25, 0.3) is 0 Å². The van der Waals surface area contributed by atoms with Crippen LogP contribution < -0.4 is 25.0 Å². The maximum Gasteiger partial charge on any atom is 0.265 e. The van der Waals surface area contributed by atoms with Gasteiger partial charge in [-0.15, -0.1) is 0 Å². The predicted molar refractivity (Wildman–Crippen MR) is 124 cm³/mol. The molecule has 1 aliphatic rings. The summed E-state index contributed by atoms with van der Waals surface area (Å²) in [5, 5.41) is 0. The number of hydrogen-bond acceptors (Lipinski definition) is 6. The Bertz CT molecular complexity index is 1230. The zero-order valence-electron chi connectivity index (χ0n) is 18.2. The SMILES string of the molecule is COc1cc(OC)cc(C(=O)NN[C@@H]2c3ccccc3C[C@@H]2NS(=O)(=O)c2ccccc2)c1. The second kappa shape index (κ2) is 9.62. The molecule has 0 unspecified atom stereocenters. The van der Waals surface area contributed by atoms with Crippen molar-refractivity contribution in [3.63, 3.8) is 0 Å². The van der Waals surface area contributed by atoms with E-state index in [1.54, 1.807) is 48.5 Å². The number of fused-ring (bicyclic) bond motifs is 1. The summed E-state index contributed by atoms with van der Waals surface area (Å²) in [6, 6.07) is 19.8. The van der Waals surface area contributed by atoms with Crippen LogP contribution in [0.5, 0.6) is 11.5 Å². The van der Waals surface area contributed by atoms with Gasteiger partial charge in [-0.3, -0.25) is 10.2 Å². The fourth-order valence-corrected chi connectivity index (χ4v) is 5.17. The largest absolute Gasteiger partial charge is 0.497 e. The normalized spacial score (nSPS) is 17.3. The van der Waals surface area contributed by atoms with Gasteiger partial charge >= 0.3 is 0 Å². The summed E-state index contributed by atoms with van der Waals surface area (Å²) in [5.74, 6) is 0.569. The molecule has 0 aliphatic heterocycles. The minimum Gasteiger partial charge on any atom is -0.497 e. The quantitative estimate of drug-likeness (QED) is 0.440. The third-order valence-corrected chi connectivity index (χ3v) is 7.05. The minimum absolute atomic E-state index is 0.187. The van der Waals surface area contributed by atoms with E-state index in [1.807, 2.05) is 24.3 Å². The molecule has 172 valence electrons. The number of sulfonamides is 1. The van der Waals surface area contributed by atoms with Crippen LogP contribution in [0, 0.1) is 0 Å². The van der Waals surface area contributed by atoms with E-state index in [0.717, 1.165) is 11.1 Å². The fraction of sp³-hybridized carbons (Fsp3) is 0.208. The molecule has 1 amide bonds. The molecule has 0 spiro atoms. The van der Waals surface area contributed by atoms with Gasteiger partial charge in [-0.1, -0.05) is 42.5 Å². The Morgan fingerprint density at radius 2 is 1.55 bits per heavy atom. The average molecular weight is 468 g/mol. The van der Waals surface area contributed by atoms with Gasteiger partial charge < -0.3 is 9.47 Å². The molecular weight excluding hydrogens is 442 g/mol. The van der Waals surface area contributed by atoms with Gasteiger partial charge in [0.15, 0.2) is 0 Å². The highest BCUT2D eigenvalue weighted by atomic mass is 32.2. The topological polar surface area (TPSA) is 106 Å². The molecule has 3 aromatic carbocycles. The number of ether oxygens (including phenoxy) is 2. The molecule has 0 aromatic heterocycles. The summed E-state index contributed by atoms with van der Waals surface area (Å²) >= 11 is 0. The molecule has 0 radical (unpaired) electrons. The van der Waals surface area contributed by atoms with Crippen molar-refractivity contribution in [2.24, 2.45) is 0 Å². The van der Waals surface area contributed by atoms with Crippen LogP contribution in [0.2, 0.25) is 0 Å². The lowest BCUT2D eigenvalue weighted by Gasteiger charge is -2.23. The summed E-state index contributed by atoms with van der Waals surface area (Å²) in [5.41, 5.74) is 8.00. The lowest BCUT2D eigenvalue weighted by Crippen LogP contribution is -2.48. The summed E-state index contributed by atoms with van der Waals surface area (Å²) in [4.78, 5) is 13.0. The van der Waals surface area contributed by atoms with Gasteiger partial charge in [-0.25, -0.2) is 18.6 Å². The number of hydrazine groups is 1. The summed E-state index contributed by atoms with van der Waals surface area (Å²) in [6.45, 7) is 0. The third-order valence-electron chi connectivity index (χ3n) is 5.55. The van der Waals surface area contributed by atoms with Crippen molar-refractivity contribution in [1.82, 2.24) is 15.6 Å². The summed E-state index contributed by atoms with van der Waals surface area (Å²) < 4.78 is 39.1. The first-order valence-electron chi connectivity index (χ1n) is 10.4. The molecule has 0 heterocycles. The van der Waals surface area contributed by atoms with Crippen molar-refractivity contribution >= 4 is 15.9 Å². The van der Waals surface area contributed by atoms with Gasteiger partial charge in [0.1, 0.15) is 11.5 Å². The number of carbonyl (C=O) groups is 1. The Morgan fingerprint density at radius 3 is 2.21 bits per heavy atom. The summed E-state index contributed by atoms with van der Waals surface area (Å²) in [6.07, 6.45) is 0.489. The van der Waals surface area contributed by atoms with E-state index in [1.165, 1.54) is 14.2 Å². The highest BCUT2D eigenvalue weighted by Crippen LogP contribution is 2.32. The van der Waals surface area contributed by atoms with Crippen molar-refractivity contribution in [2.45, 2.75) is 23.4 Å². The Balaban J connectivity index is 1.54. The molecule has 0 bridgehead atoms. The Labute approximate surface area is 192 Å². The molecule has 8 nitrogen and oxygen atoms in total. The van der Waals surface area contributed by atoms with Crippen molar-refractivity contribution in [3.8, 4) is 11.5 Å². The van der Waals surface area contributed by atoms with Gasteiger partial charge in [0.2, 0.25) is 10.0 Å². The van der Waals surface area contributed by atoms with Gasteiger partial charge in [0, 0.05) is 17.7 Å². The summed E-state index contributed by atoms with van der Waals surface area (Å²) in [7, 11) is -0.724. The van der Waals surface area contributed by atoms with E-state index in [0.29, 0.717) is 23.5 Å². The van der Waals surface area contributed by atoms with E-state index in [4.69, 9.17) is 9.47 Å². The Hall–Kier alpha value is -3.40. The first kappa shape index (κ1) is 22.8. The lowest BCUT2D eigenvalue weighted by atomic mass is 10.1. The number of methoxy groups -OCH3 is 2. The van der Waals surface area contributed by atoms with Crippen LogP contribution in [0.4, 0.5) is 0 Å². The van der Waals surface area contributed by atoms with E-state index in [-0.39, 0.29) is 4.90 Å². The second-order valence-electron chi connectivity index (χ2n) is 7.62. The molecule has 33 heavy (non-hydrogen) atoms. The zero-order valence-corrected chi connectivity index (χ0v) is 19.1. The fourth-order valence-electron chi connectivity index (χ4n) is 3.90. The first-order valence-corrected chi connectivity index (χ1v) is 11.8. The second-order valence-corrected chi connectivity index (χ2v) is 9.34. The molecular formula is C24H25N3O5S. The standard InChI is InChI=1S/C24H25N3O5S/c1-31-18-12-17(13-19(15-18)32-2)24(28)26-25-23-21-11-7-6-8-16(21)14-22(23)27-33(29,30)20-9-4-3-5-10-20/h3-13,15,22-23,25,27H,14H2,1-2H3,(H,26,28)/t22-,23+/m0/s1. The monoisotopic (exact) mass is 467 g/mol. The average Bonchev–Trinajstić information content (AvgIpc) is 3.18. The molecule has 0 saturated heterocycles. The molecule has 2 atom stereocenters. The van der Waals surface area contributed by atoms with Gasteiger partial charge in [-0.2, -0.15) is 0 Å². The van der Waals surface area contributed by atoms with Gasteiger partial charge in [0.05, 0.1) is 25.2 Å². The molecule has 0 fully saturated rings. The van der Waals surface area contributed by atoms with Crippen molar-refractivity contribution in [3.05, 3.63) is 89.5 Å². The Morgan fingerprint density at radius 1 is 0.909 bits per heavy atom. The maximum atomic E-state index is 12.9. The molecule has 9 heteroatoms. The van der Waals surface area contributed by atoms with Crippen LogP contribution >= 0.6 is 0 Å². The predicted octanol–water partition coefficient (Wildman–Crippen LogP) is 2.58. The number of amides is 1. The van der Waals surface area contributed by atoms with E-state index in [9.17, 15) is 13.2 Å². The smallest absolute Gasteiger partial charge is 0.265 e. The molecule has 0 saturated carbocycles. The van der Waals surface area contributed by atoms with Crippen LogP contribution in [0.15, 0.2) is 77.7 Å². The zero-order chi connectivity index (χ0) is 23.4. The number of nitrogens with one attached hydrogen (secondary N) is 3.